The van der Waals surface area contributed by atoms with Gasteiger partial charge in [-0.15, -0.1) is 5.10 Å². The van der Waals surface area contributed by atoms with Gasteiger partial charge in [0.15, 0.2) is 0 Å². The van der Waals surface area contributed by atoms with E-state index in [1.807, 2.05) is 0 Å². The number of hydrogen-bond donors (Lipinski definition) is 2. The summed E-state index contributed by atoms with van der Waals surface area (Å²) in [7, 11) is 0. The van der Waals surface area contributed by atoms with Gasteiger partial charge in [0.2, 0.25) is 11.1 Å². The fourth-order valence-corrected chi connectivity index (χ4v) is 2.71. The fraction of sp³-hybridized carbons (Fsp3) is 0.400. The molecule has 2 aromatic rings. The Morgan fingerprint density at radius 3 is 2.95 bits per heavy atom. The molecule has 1 atom stereocenters. The van der Waals surface area contributed by atoms with Crippen LogP contribution >= 0.6 is 11.8 Å². The normalized spacial score (nSPS) is 15.6. The van der Waals surface area contributed by atoms with Gasteiger partial charge < -0.3 is 5.32 Å². The van der Waals surface area contributed by atoms with Crippen molar-refractivity contribution in [3.8, 4) is 0 Å². The molecule has 3 rings (SSSR count). The predicted octanol–water partition coefficient (Wildman–Crippen LogP) is 3.25. The second-order valence-electron chi connectivity index (χ2n) is 5.49. The second-order valence-corrected chi connectivity index (χ2v) is 6.80. The van der Waals surface area contributed by atoms with Crippen LogP contribution in [-0.4, -0.2) is 26.3 Å². The van der Waals surface area contributed by atoms with E-state index in [9.17, 15) is 9.18 Å². The molecule has 1 saturated carbocycles. The molecule has 1 aromatic heterocycles. The smallest absolute Gasteiger partial charge is 0.237 e. The summed E-state index contributed by atoms with van der Waals surface area (Å²) < 4.78 is 13.5. The van der Waals surface area contributed by atoms with Gasteiger partial charge in [-0.3, -0.25) is 9.89 Å². The van der Waals surface area contributed by atoms with Crippen molar-refractivity contribution in [2.75, 3.05) is 5.32 Å². The number of nitrogens with one attached hydrogen (secondary N) is 2. The molecule has 0 spiro atoms. The molecule has 0 saturated heterocycles. The minimum absolute atomic E-state index is 0.203. The maximum Gasteiger partial charge on any atom is 0.237 e. The molecule has 7 heteroatoms. The van der Waals surface area contributed by atoms with Crippen LogP contribution in [0.25, 0.3) is 0 Å². The Kier molecular flexibility index (Phi) is 4.15. The molecule has 1 fully saturated rings. The number of halogens is 1. The number of nitrogens with zero attached hydrogens (tertiary/aromatic N) is 2. The van der Waals surface area contributed by atoms with Gasteiger partial charge in [-0.1, -0.05) is 17.8 Å². The van der Waals surface area contributed by atoms with Crippen LogP contribution in [0.1, 0.15) is 37.1 Å². The third-order valence-corrected chi connectivity index (χ3v) is 4.50. The van der Waals surface area contributed by atoms with Gasteiger partial charge in [0.25, 0.3) is 0 Å². The number of aromatic amines is 1. The van der Waals surface area contributed by atoms with E-state index in [4.69, 9.17) is 0 Å². The van der Waals surface area contributed by atoms with Gasteiger partial charge in [-0.05, 0) is 44.4 Å². The van der Waals surface area contributed by atoms with E-state index in [0.717, 1.165) is 18.7 Å². The van der Waals surface area contributed by atoms with Crippen molar-refractivity contribution in [1.82, 2.24) is 15.2 Å². The zero-order chi connectivity index (χ0) is 15.7. The molecule has 1 heterocycles. The Hall–Kier alpha value is -1.89. The lowest BCUT2D eigenvalue weighted by atomic mass is 10.2. The van der Waals surface area contributed by atoms with Crippen LogP contribution in [-0.2, 0) is 4.79 Å². The molecule has 116 valence electrons. The van der Waals surface area contributed by atoms with Crippen molar-refractivity contribution in [2.24, 2.45) is 0 Å². The molecule has 0 radical (unpaired) electrons. The summed E-state index contributed by atoms with van der Waals surface area (Å²) in [5.74, 6) is 0.865. The third kappa shape index (κ3) is 3.47. The van der Waals surface area contributed by atoms with Crippen molar-refractivity contribution in [2.45, 2.75) is 43.0 Å². The number of rotatable bonds is 5. The molecule has 1 aliphatic carbocycles. The zero-order valence-corrected chi connectivity index (χ0v) is 13.2. The number of carbonyl (C=O) groups is 1. The van der Waals surface area contributed by atoms with Gasteiger partial charge in [-0.25, -0.2) is 9.37 Å². The number of hydrogen-bond acceptors (Lipinski definition) is 4. The Morgan fingerprint density at radius 1 is 1.50 bits per heavy atom. The number of H-pyrrole nitrogens is 1. The van der Waals surface area contributed by atoms with Crippen LogP contribution < -0.4 is 5.32 Å². The Balaban J connectivity index is 1.59. The van der Waals surface area contributed by atoms with Crippen molar-refractivity contribution in [3.05, 3.63) is 35.4 Å². The quantitative estimate of drug-likeness (QED) is 0.830. The summed E-state index contributed by atoms with van der Waals surface area (Å²) in [5, 5.41) is 9.94. The third-order valence-electron chi connectivity index (χ3n) is 3.54. The van der Waals surface area contributed by atoms with Crippen molar-refractivity contribution >= 4 is 23.4 Å². The summed E-state index contributed by atoms with van der Waals surface area (Å²) in [6, 6.07) is 4.65. The number of benzene rings is 1. The number of aryl methyl sites for hydroxylation is 1. The number of anilines is 1. The molecule has 1 aliphatic rings. The Labute approximate surface area is 132 Å². The van der Waals surface area contributed by atoms with Crippen LogP contribution in [0, 0.1) is 12.7 Å². The highest BCUT2D eigenvalue weighted by Crippen LogP contribution is 2.38. The number of amides is 1. The van der Waals surface area contributed by atoms with Gasteiger partial charge in [-0.2, -0.15) is 0 Å². The zero-order valence-electron chi connectivity index (χ0n) is 12.4. The van der Waals surface area contributed by atoms with Gasteiger partial charge in [0.05, 0.1) is 5.25 Å². The highest BCUT2D eigenvalue weighted by molar-refractivity contribution is 8.00. The molecular weight excluding hydrogens is 303 g/mol. The first kappa shape index (κ1) is 15.0. The first-order valence-electron chi connectivity index (χ1n) is 7.19. The molecule has 1 aromatic carbocycles. The maximum atomic E-state index is 13.5. The molecule has 22 heavy (non-hydrogen) atoms. The van der Waals surface area contributed by atoms with Gasteiger partial charge in [0.1, 0.15) is 11.6 Å². The molecule has 1 unspecified atom stereocenters. The molecular formula is C15H17FN4OS. The average Bonchev–Trinajstić information content (AvgIpc) is 3.23. The van der Waals surface area contributed by atoms with E-state index in [-0.39, 0.29) is 17.0 Å². The minimum atomic E-state index is -0.368. The van der Waals surface area contributed by atoms with Crippen LogP contribution in [0.5, 0.6) is 0 Å². The lowest BCUT2D eigenvalue weighted by Gasteiger charge is -2.10. The molecule has 1 amide bonds. The minimum Gasteiger partial charge on any atom is -0.325 e. The van der Waals surface area contributed by atoms with Crippen molar-refractivity contribution < 1.29 is 9.18 Å². The van der Waals surface area contributed by atoms with Gasteiger partial charge in [0, 0.05) is 11.6 Å². The highest BCUT2D eigenvalue weighted by atomic mass is 32.2. The second kappa shape index (κ2) is 6.08. The molecule has 0 aliphatic heterocycles. The van der Waals surface area contributed by atoms with E-state index in [0.29, 0.717) is 22.3 Å². The summed E-state index contributed by atoms with van der Waals surface area (Å²) in [4.78, 5) is 16.5. The monoisotopic (exact) mass is 320 g/mol. The predicted molar refractivity (Wildman–Crippen MR) is 83.4 cm³/mol. The SMILES string of the molecule is Cc1ccc(NC(=O)C(C)Sc2n[nH]c(C3CC3)n2)cc1F. The van der Waals surface area contributed by atoms with Gasteiger partial charge >= 0.3 is 0 Å². The summed E-state index contributed by atoms with van der Waals surface area (Å²) in [6.45, 7) is 3.46. The first-order valence-corrected chi connectivity index (χ1v) is 8.07. The standard InChI is InChI=1S/C15H17FN4OS/c1-8-3-6-11(7-12(8)16)17-14(21)9(2)22-15-18-13(19-20-15)10-4-5-10/h3,6-7,9-10H,4-5H2,1-2H3,(H,17,21)(H,18,19,20). The fourth-order valence-electron chi connectivity index (χ4n) is 1.98. The van der Waals surface area contributed by atoms with Crippen LogP contribution in [0.2, 0.25) is 0 Å². The molecule has 5 nitrogen and oxygen atoms in total. The number of aromatic nitrogens is 3. The van der Waals surface area contributed by atoms with E-state index in [1.54, 1.807) is 26.0 Å². The molecule has 2 N–H and O–H groups in total. The Bertz CT molecular complexity index is 699. The van der Waals surface area contributed by atoms with Crippen molar-refractivity contribution in [3.63, 3.8) is 0 Å². The number of thioether (sulfide) groups is 1. The highest BCUT2D eigenvalue weighted by Gasteiger charge is 2.27. The largest absolute Gasteiger partial charge is 0.325 e. The summed E-state index contributed by atoms with van der Waals surface area (Å²) >= 11 is 1.29. The maximum absolute atomic E-state index is 13.5. The van der Waals surface area contributed by atoms with E-state index in [2.05, 4.69) is 20.5 Å². The molecule has 0 bridgehead atoms. The van der Waals surface area contributed by atoms with E-state index in [1.165, 1.54) is 17.8 Å². The van der Waals surface area contributed by atoms with Crippen LogP contribution in [0.3, 0.4) is 0 Å². The average molecular weight is 320 g/mol. The van der Waals surface area contributed by atoms with E-state index >= 15 is 0 Å². The van der Waals surface area contributed by atoms with Crippen molar-refractivity contribution in [1.29, 1.82) is 0 Å². The first-order chi connectivity index (χ1) is 10.5. The number of carbonyl (C=O) groups excluding carboxylic acids is 1. The summed E-state index contributed by atoms with van der Waals surface area (Å²) in [6.07, 6.45) is 2.29. The van der Waals surface area contributed by atoms with Crippen LogP contribution in [0.4, 0.5) is 10.1 Å². The lowest BCUT2D eigenvalue weighted by molar-refractivity contribution is -0.115. The summed E-state index contributed by atoms with van der Waals surface area (Å²) in [5.41, 5.74) is 1.00. The Morgan fingerprint density at radius 2 is 2.27 bits per heavy atom. The van der Waals surface area contributed by atoms with E-state index < -0.39 is 0 Å². The lowest BCUT2D eigenvalue weighted by Crippen LogP contribution is -2.22. The van der Waals surface area contributed by atoms with Crippen LogP contribution in [0.15, 0.2) is 23.4 Å². The topological polar surface area (TPSA) is 70.7 Å².